The maximum absolute atomic E-state index is 12.5. The number of para-hydroxylation sites is 1. The largest absolute Gasteiger partial charge is 0.459 e. The van der Waals surface area contributed by atoms with Gasteiger partial charge in [-0.25, -0.2) is 4.98 Å². The summed E-state index contributed by atoms with van der Waals surface area (Å²) in [5.74, 6) is 0.570. The number of fused-ring (bicyclic) bond motifs is 2. The first-order valence-corrected chi connectivity index (χ1v) is 8.94. The molecule has 0 unspecified atom stereocenters. The number of benzene rings is 1. The number of aromatic nitrogens is 2. The number of H-pyrrole nitrogens is 1. The van der Waals surface area contributed by atoms with Gasteiger partial charge in [-0.2, -0.15) is 0 Å². The Bertz CT molecular complexity index is 1280. The zero-order chi connectivity index (χ0) is 19.7. The van der Waals surface area contributed by atoms with Crippen molar-refractivity contribution in [2.24, 2.45) is 0 Å². The first-order valence-electron chi connectivity index (χ1n) is 8.94. The summed E-state index contributed by atoms with van der Waals surface area (Å²) in [7, 11) is 0. The van der Waals surface area contributed by atoms with Crippen molar-refractivity contribution in [2.45, 2.75) is 20.4 Å². The van der Waals surface area contributed by atoms with Crippen LogP contribution in [0.3, 0.4) is 0 Å². The summed E-state index contributed by atoms with van der Waals surface area (Å²) in [6, 6.07) is 12.8. The molecular formula is C22H19N3O3. The quantitative estimate of drug-likeness (QED) is 0.534. The molecule has 6 heteroatoms. The molecule has 0 radical (unpaired) electrons. The highest BCUT2D eigenvalue weighted by molar-refractivity contribution is 5.97. The van der Waals surface area contributed by atoms with E-state index < -0.39 is 0 Å². The fraction of sp³-hybridized carbons (Fsp3) is 0.136. The molecule has 2 N–H and O–H groups in total. The van der Waals surface area contributed by atoms with E-state index in [1.807, 2.05) is 37.3 Å². The molecule has 140 valence electrons. The average Bonchev–Trinajstić information content (AvgIpc) is 3.02. The van der Waals surface area contributed by atoms with Gasteiger partial charge in [0.25, 0.3) is 0 Å². The fourth-order valence-electron chi connectivity index (χ4n) is 3.14. The lowest BCUT2D eigenvalue weighted by Crippen LogP contribution is -2.23. The summed E-state index contributed by atoms with van der Waals surface area (Å²) in [4.78, 5) is 30.7. The highest BCUT2D eigenvalue weighted by Gasteiger charge is 2.12. The van der Waals surface area contributed by atoms with Crippen LogP contribution < -0.4 is 10.9 Å². The predicted octanol–water partition coefficient (Wildman–Crippen LogP) is 3.70. The Morgan fingerprint density at radius 2 is 2.07 bits per heavy atom. The van der Waals surface area contributed by atoms with E-state index in [2.05, 4.69) is 15.3 Å². The van der Waals surface area contributed by atoms with Crippen molar-refractivity contribution >= 4 is 34.0 Å². The van der Waals surface area contributed by atoms with Crippen molar-refractivity contribution in [3.05, 3.63) is 81.5 Å². The molecule has 0 aliphatic heterocycles. The van der Waals surface area contributed by atoms with Gasteiger partial charge in [-0.05, 0) is 43.7 Å². The second-order valence-electron chi connectivity index (χ2n) is 6.69. The molecule has 3 aromatic heterocycles. The third kappa shape index (κ3) is 3.44. The Morgan fingerprint density at radius 3 is 2.89 bits per heavy atom. The Kier molecular flexibility index (Phi) is 4.53. The zero-order valence-corrected chi connectivity index (χ0v) is 15.6. The van der Waals surface area contributed by atoms with Crippen molar-refractivity contribution in [3.8, 4) is 0 Å². The van der Waals surface area contributed by atoms with Gasteiger partial charge in [0, 0.05) is 34.2 Å². The van der Waals surface area contributed by atoms with Crippen LogP contribution in [0.5, 0.6) is 0 Å². The number of nitrogens with one attached hydrogen (secondary N) is 2. The molecule has 4 aromatic rings. The van der Waals surface area contributed by atoms with Gasteiger partial charge in [0.2, 0.25) is 11.5 Å². The van der Waals surface area contributed by atoms with Crippen molar-refractivity contribution in [1.82, 2.24) is 15.3 Å². The standard InChI is InChI=1S/C22H19N3O3/c1-13(9-15-10-16-7-8-20(26)25-21(16)23-11-15)22(27)24-12-19-14(2)17-5-3-4-6-18(17)28-19/h3-11H,12H2,1-2H3,(H,24,27)(H,23,25,26). The number of rotatable bonds is 4. The normalized spacial score (nSPS) is 11.9. The van der Waals surface area contributed by atoms with E-state index >= 15 is 0 Å². The number of furan rings is 1. The van der Waals surface area contributed by atoms with Crippen LogP contribution in [0.25, 0.3) is 28.1 Å². The average molecular weight is 373 g/mol. The van der Waals surface area contributed by atoms with Gasteiger partial charge in [0.15, 0.2) is 0 Å². The number of hydrogen-bond acceptors (Lipinski definition) is 4. The second-order valence-corrected chi connectivity index (χ2v) is 6.69. The van der Waals surface area contributed by atoms with Crippen molar-refractivity contribution < 1.29 is 9.21 Å². The molecule has 0 spiro atoms. The monoisotopic (exact) mass is 373 g/mol. The molecule has 1 amide bonds. The van der Waals surface area contributed by atoms with Crippen LogP contribution in [0.4, 0.5) is 0 Å². The predicted molar refractivity (Wildman–Crippen MR) is 109 cm³/mol. The molecular weight excluding hydrogens is 354 g/mol. The molecule has 4 rings (SSSR count). The van der Waals surface area contributed by atoms with Gasteiger partial charge in [0.1, 0.15) is 17.0 Å². The van der Waals surface area contributed by atoms with Crippen LogP contribution in [0.15, 0.2) is 63.4 Å². The molecule has 28 heavy (non-hydrogen) atoms. The third-order valence-electron chi connectivity index (χ3n) is 4.69. The van der Waals surface area contributed by atoms with Crippen LogP contribution in [-0.2, 0) is 11.3 Å². The number of amides is 1. The van der Waals surface area contributed by atoms with Crippen LogP contribution in [0, 0.1) is 6.92 Å². The second kappa shape index (κ2) is 7.15. The van der Waals surface area contributed by atoms with Gasteiger partial charge in [-0.1, -0.05) is 18.2 Å². The minimum atomic E-state index is -0.195. The van der Waals surface area contributed by atoms with E-state index in [-0.39, 0.29) is 11.5 Å². The molecule has 0 saturated carbocycles. The van der Waals surface area contributed by atoms with E-state index in [1.165, 1.54) is 6.07 Å². The molecule has 3 heterocycles. The highest BCUT2D eigenvalue weighted by atomic mass is 16.3. The van der Waals surface area contributed by atoms with Crippen molar-refractivity contribution in [3.63, 3.8) is 0 Å². The van der Waals surface area contributed by atoms with Crippen LogP contribution >= 0.6 is 0 Å². The first kappa shape index (κ1) is 17.7. The Morgan fingerprint density at radius 1 is 1.25 bits per heavy atom. The van der Waals surface area contributed by atoms with Crippen molar-refractivity contribution in [1.29, 1.82) is 0 Å². The van der Waals surface area contributed by atoms with E-state index in [1.54, 1.807) is 25.3 Å². The number of pyridine rings is 2. The maximum atomic E-state index is 12.5. The SMILES string of the molecule is CC(=Cc1cnc2[nH]c(=O)ccc2c1)C(=O)NCc1oc2ccccc2c1C. The maximum Gasteiger partial charge on any atom is 0.249 e. The Balaban J connectivity index is 1.50. The van der Waals surface area contributed by atoms with Crippen molar-refractivity contribution in [2.75, 3.05) is 0 Å². The number of nitrogens with zero attached hydrogens (tertiary/aromatic N) is 1. The van der Waals surface area contributed by atoms with Gasteiger partial charge < -0.3 is 14.7 Å². The van der Waals surface area contributed by atoms with Gasteiger partial charge in [-0.3, -0.25) is 9.59 Å². The van der Waals surface area contributed by atoms with Crippen LogP contribution in [-0.4, -0.2) is 15.9 Å². The van der Waals surface area contributed by atoms with Crippen LogP contribution in [0.1, 0.15) is 23.8 Å². The molecule has 0 aliphatic carbocycles. The fourth-order valence-corrected chi connectivity index (χ4v) is 3.14. The van der Waals surface area contributed by atoms with Gasteiger partial charge in [-0.15, -0.1) is 0 Å². The summed E-state index contributed by atoms with van der Waals surface area (Å²) < 4.78 is 5.83. The summed E-state index contributed by atoms with van der Waals surface area (Å²) in [6.07, 6.45) is 3.39. The number of hydrogen-bond donors (Lipinski definition) is 2. The lowest BCUT2D eigenvalue weighted by molar-refractivity contribution is -0.117. The minimum absolute atomic E-state index is 0.179. The highest BCUT2D eigenvalue weighted by Crippen LogP contribution is 2.24. The molecule has 0 aliphatic rings. The number of aryl methyl sites for hydroxylation is 1. The molecule has 0 atom stereocenters. The summed E-state index contributed by atoms with van der Waals surface area (Å²) >= 11 is 0. The lowest BCUT2D eigenvalue weighted by Gasteiger charge is -2.05. The summed E-state index contributed by atoms with van der Waals surface area (Å²) in [5.41, 5.74) is 3.51. The van der Waals surface area contributed by atoms with Crippen LogP contribution in [0.2, 0.25) is 0 Å². The molecule has 0 bridgehead atoms. The smallest absolute Gasteiger partial charge is 0.249 e. The van der Waals surface area contributed by atoms with E-state index in [0.717, 1.165) is 33.2 Å². The van der Waals surface area contributed by atoms with E-state index in [9.17, 15) is 9.59 Å². The molecule has 0 saturated heterocycles. The molecule has 1 aromatic carbocycles. The van der Waals surface area contributed by atoms with Gasteiger partial charge >= 0.3 is 0 Å². The summed E-state index contributed by atoms with van der Waals surface area (Å²) in [5, 5.41) is 4.76. The number of aromatic amines is 1. The Labute approximate surface area is 160 Å². The van der Waals surface area contributed by atoms with Gasteiger partial charge in [0.05, 0.1) is 6.54 Å². The first-order chi connectivity index (χ1) is 13.5. The summed E-state index contributed by atoms with van der Waals surface area (Å²) in [6.45, 7) is 4.06. The minimum Gasteiger partial charge on any atom is -0.459 e. The third-order valence-corrected chi connectivity index (χ3v) is 4.69. The topological polar surface area (TPSA) is 88.0 Å². The molecule has 6 nitrogen and oxygen atoms in total. The Hall–Kier alpha value is -3.67. The number of carbonyl (C=O) groups excluding carboxylic acids is 1. The molecule has 0 fully saturated rings. The number of carbonyl (C=O) groups is 1. The van der Waals surface area contributed by atoms with E-state index in [0.29, 0.717) is 17.8 Å². The van der Waals surface area contributed by atoms with E-state index in [4.69, 9.17) is 4.42 Å². The zero-order valence-electron chi connectivity index (χ0n) is 15.6. The lowest BCUT2D eigenvalue weighted by atomic mass is 10.1.